The summed E-state index contributed by atoms with van der Waals surface area (Å²) in [6, 6.07) is 9.98. The van der Waals surface area contributed by atoms with E-state index in [1.165, 1.54) is 11.1 Å². The Hall–Kier alpha value is -4.25. The topological polar surface area (TPSA) is 210 Å². The molecular formula is C29H42N10O6. The number of hydrogen-bond donors (Lipinski definition) is 5. The van der Waals surface area contributed by atoms with Gasteiger partial charge in [-0.1, -0.05) is 51.1 Å². The molecule has 1 fully saturated rings. The summed E-state index contributed by atoms with van der Waals surface area (Å²) in [6.45, 7) is 10.8. The molecule has 3 aromatic heterocycles. The maximum absolute atomic E-state index is 11.0. The first kappa shape index (κ1) is 33.6. The number of aliphatic hydroxyl groups excluding tert-OH is 3. The third kappa shape index (κ3) is 8.48. The third-order valence-corrected chi connectivity index (χ3v) is 7.06. The largest absolute Gasteiger partial charge is 0.481 e. The molecule has 4 atom stereocenters. The van der Waals surface area contributed by atoms with Gasteiger partial charge in [0.2, 0.25) is 11.8 Å². The normalized spacial score (nSPS) is 19.7. The highest BCUT2D eigenvalue weighted by Crippen LogP contribution is 2.39. The lowest BCUT2D eigenvalue weighted by atomic mass is 9.92. The van der Waals surface area contributed by atoms with Crippen molar-refractivity contribution in [3.05, 3.63) is 48.0 Å². The summed E-state index contributed by atoms with van der Waals surface area (Å²) in [6.07, 6.45) is -1.55. The van der Waals surface area contributed by atoms with E-state index < -0.39 is 30.5 Å². The van der Waals surface area contributed by atoms with Gasteiger partial charge in [0, 0.05) is 20.0 Å². The summed E-state index contributed by atoms with van der Waals surface area (Å²) in [5.74, 6) is 0.147. The van der Waals surface area contributed by atoms with E-state index in [1.54, 1.807) is 9.47 Å². The van der Waals surface area contributed by atoms with Gasteiger partial charge in [0.15, 0.2) is 29.3 Å². The van der Waals surface area contributed by atoms with Crippen LogP contribution in [0, 0.1) is 5.41 Å². The van der Waals surface area contributed by atoms with Crippen LogP contribution in [0.2, 0.25) is 0 Å². The molecule has 4 heterocycles. The molecule has 5 N–H and O–H groups in total. The van der Waals surface area contributed by atoms with E-state index in [1.807, 2.05) is 37.3 Å². The lowest BCUT2D eigenvalue weighted by molar-refractivity contribution is -0.134. The van der Waals surface area contributed by atoms with Gasteiger partial charge < -0.3 is 35.4 Å². The number of benzene rings is 1. The summed E-state index contributed by atoms with van der Waals surface area (Å²) in [5, 5.41) is 55.1. The Labute approximate surface area is 260 Å². The Kier molecular flexibility index (Phi) is 11.0. The number of rotatable bonds is 11. The minimum Gasteiger partial charge on any atom is -0.481 e. The molecule has 4 aromatic rings. The van der Waals surface area contributed by atoms with E-state index in [-0.39, 0.29) is 18.0 Å². The zero-order valence-electron chi connectivity index (χ0n) is 26.1. The monoisotopic (exact) mass is 626 g/mol. The number of aryl methyl sites for hydroxylation is 1. The van der Waals surface area contributed by atoms with Gasteiger partial charge in [-0.2, -0.15) is 14.8 Å². The van der Waals surface area contributed by atoms with E-state index in [0.717, 1.165) is 18.9 Å². The average Bonchev–Trinajstić information content (AvgIpc) is 3.71. The lowest BCUT2D eigenvalue weighted by Gasteiger charge is -2.22. The molecule has 1 saturated heterocycles. The van der Waals surface area contributed by atoms with Crippen LogP contribution in [0.25, 0.3) is 11.2 Å². The summed E-state index contributed by atoms with van der Waals surface area (Å²) in [4.78, 5) is 26.1. The van der Waals surface area contributed by atoms with Crippen LogP contribution >= 0.6 is 0 Å². The molecule has 0 amide bonds. The molecule has 16 nitrogen and oxygen atoms in total. The first-order valence-electron chi connectivity index (χ1n) is 14.8. The number of ether oxygens (including phenoxy) is 1. The number of aliphatic carboxylic acids is 1. The molecule has 0 bridgehead atoms. The van der Waals surface area contributed by atoms with Gasteiger partial charge >= 0.3 is 0 Å². The standard InChI is InChI=1S/C27H38N10O4.C2H4O2/c1-5-37-33-23(32-34-37)21-19(39)20(40)25(41-21)36-15-29-18-22(28-13-12-27(2,3)4)30-26(31-24(18)36)35(16-38)14-11-17-9-7-6-8-10-17;1-2(3)4/h6-10,15,19-21,25,38-40H,5,11-14,16H2,1-4H3,(H,28,30,31);1H3,(H,3,4)/t19-,20+,21-,25+;/m0./s1. The number of aromatic nitrogens is 8. The van der Waals surface area contributed by atoms with E-state index in [9.17, 15) is 15.3 Å². The summed E-state index contributed by atoms with van der Waals surface area (Å²) in [5.41, 5.74) is 2.09. The number of tetrazole rings is 1. The predicted octanol–water partition coefficient (Wildman–Crippen LogP) is 1.76. The van der Waals surface area contributed by atoms with Crippen molar-refractivity contribution < 1.29 is 30.0 Å². The number of carboxylic acid groups (broad SMARTS) is 1. The predicted molar refractivity (Wildman–Crippen MR) is 164 cm³/mol. The van der Waals surface area contributed by atoms with E-state index in [4.69, 9.17) is 24.6 Å². The van der Waals surface area contributed by atoms with Crippen LogP contribution in [0.5, 0.6) is 0 Å². The Morgan fingerprint density at radius 3 is 2.47 bits per heavy atom. The number of aliphatic hydroxyl groups is 3. The minimum absolute atomic E-state index is 0.106. The fourth-order valence-electron chi connectivity index (χ4n) is 4.66. The highest BCUT2D eigenvalue weighted by Gasteiger charge is 2.47. The maximum atomic E-state index is 11.0. The number of carbonyl (C=O) groups is 1. The van der Waals surface area contributed by atoms with Crippen molar-refractivity contribution in [3.63, 3.8) is 0 Å². The third-order valence-electron chi connectivity index (χ3n) is 7.06. The van der Waals surface area contributed by atoms with Crippen molar-refractivity contribution in [3.8, 4) is 0 Å². The molecule has 0 spiro atoms. The average molecular weight is 627 g/mol. The maximum Gasteiger partial charge on any atom is 0.300 e. The van der Waals surface area contributed by atoms with Gasteiger partial charge in [-0.05, 0) is 36.0 Å². The lowest BCUT2D eigenvalue weighted by Crippen LogP contribution is -2.30. The van der Waals surface area contributed by atoms with Crippen LogP contribution in [-0.2, 0) is 22.5 Å². The van der Waals surface area contributed by atoms with Crippen LogP contribution in [0.3, 0.4) is 0 Å². The van der Waals surface area contributed by atoms with Crippen LogP contribution in [0.1, 0.15) is 64.8 Å². The number of hydrogen-bond acceptors (Lipinski definition) is 13. The summed E-state index contributed by atoms with van der Waals surface area (Å²) < 4.78 is 7.65. The smallest absolute Gasteiger partial charge is 0.300 e. The molecule has 0 saturated carbocycles. The molecule has 244 valence electrons. The van der Waals surface area contributed by atoms with Crippen LogP contribution in [-0.4, -0.2) is 98.1 Å². The van der Waals surface area contributed by atoms with Gasteiger partial charge in [-0.25, -0.2) is 4.98 Å². The van der Waals surface area contributed by atoms with Crippen LogP contribution < -0.4 is 10.2 Å². The van der Waals surface area contributed by atoms with Gasteiger partial charge in [-0.15, -0.1) is 10.2 Å². The molecule has 1 aliphatic heterocycles. The quantitative estimate of drug-likeness (QED) is 0.150. The Balaban J connectivity index is 0.00000109. The minimum atomic E-state index is -1.31. The summed E-state index contributed by atoms with van der Waals surface area (Å²) >= 11 is 0. The molecular weight excluding hydrogens is 584 g/mol. The highest BCUT2D eigenvalue weighted by molar-refractivity contribution is 5.84. The first-order valence-corrected chi connectivity index (χ1v) is 14.8. The second-order valence-electron chi connectivity index (χ2n) is 11.9. The number of imidazole rings is 1. The zero-order chi connectivity index (χ0) is 32.7. The number of fused-ring (bicyclic) bond motifs is 1. The van der Waals surface area contributed by atoms with Crippen molar-refractivity contribution in [1.82, 2.24) is 39.7 Å². The number of carboxylic acids is 1. The molecule has 1 aliphatic rings. The van der Waals surface area contributed by atoms with Gasteiger partial charge in [0.05, 0.1) is 12.9 Å². The van der Waals surface area contributed by atoms with Crippen LogP contribution in [0.15, 0.2) is 36.7 Å². The Bertz CT molecular complexity index is 1540. The van der Waals surface area contributed by atoms with Gasteiger partial charge in [-0.3, -0.25) is 9.36 Å². The zero-order valence-corrected chi connectivity index (χ0v) is 26.1. The van der Waals surface area contributed by atoms with Crippen molar-refractivity contribution in [2.45, 2.75) is 78.5 Å². The summed E-state index contributed by atoms with van der Waals surface area (Å²) in [7, 11) is 0. The molecule has 1 aromatic carbocycles. The molecule has 5 rings (SSSR count). The highest BCUT2D eigenvalue weighted by atomic mass is 16.6. The van der Waals surface area contributed by atoms with E-state index in [2.05, 4.69) is 46.5 Å². The van der Waals surface area contributed by atoms with E-state index >= 15 is 0 Å². The number of nitrogens with one attached hydrogen (secondary N) is 1. The fourth-order valence-corrected chi connectivity index (χ4v) is 4.66. The first-order chi connectivity index (χ1) is 21.4. The van der Waals surface area contributed by atoms with Gasteiger partial charge in [0.1, 0.15) is 18.9 Å². The second-order valence-corrected chi connectivity index (χ2v) is 11.9. The molecule has 0 radical (unpaired) electrons. The second kappa shape index (κ2) is 14.7. The van der Waals surface area contributed by atoms with Crippen molar-refractivity contribution in [2.75, 3.05) is 30.0 Å². The Morgan fingerprint density at radius 2 is 1.84 bits per heavy atom. The fraction of sp³-hybridized carbons (Fsp3) is 0.552. The molecule has 0 aliphatic carbocycles. The molecule has 0 unspecified atom stereocenters. The van der Waals surface area contributed by atoms with Crippen molar-refractivity contribution in [2.24, 2.45) is 5.41 Å². The van der Waals surface area contributed by atoms with E-state index in [0.29, 0.717) is 49.0 Å². The van der Waals surface area contributed by atoms with Crippen molar-refractivity contribution in [1.29, 1.82) is 0 Å². The Morgan fingerprint density at radius 1 is 1.13 bits per heavy atom. The molecule has 45 heavy (non-hydrogen) atoms. The van der Waals surface area contributed by atoms with Crippen LogP contribution in [0.4, 0.5) is 11.8 Å². The molecule has 16 heteroatoms. The SMILES string of the molecule is CC(=O)O.CCn1nnc([C@H]2O[C@@H](n3cnc4c(NCCC(C)(C)C)nc(N(CO)CCc5ccccc5)nc43)[C@H](O)[C@@H]2O)n1. The number of nitrogens with zero attached hydrogens (tertiary/aromatic N) is 9. The van der Waals surface area contributed by atoms with Crippen molar-refractivity contribution >= 4 is 28.9 Å². The van der Waals surface area contributed by atoms with Gasteiger partial charge in [0.25, 0.3) is 5.97 Å². The number of anilines is 2.